The smallest absolute Gasteiger partial charge is 0.0641 e. The van der Waals surface area contributed by atoms with Gasteiger partial charge in [0.2, 0.25) is 0 Å². The second-order valence-corrected chi connectivity index (χ2v) is 5.58. The van der Waals surface area contributed by atoms with Gasteiger partial charge in [-0.3, -0.25) is 4.68 Å². The molecule has 3 heteroatoms. The summed E-state index contributed by atoms with van der Waals surface area (Å²) in [5.74, 6) is 0. The first kappa shape index (κ1) is 13.8. The van der Waals surface area contributed by atoms with E-state index in [0.717, 1.165) is 12.2 Å². The molecule has 0 aliphatic heterocycles. The Morgan fingerprint density at radius 1 is 1.14 bits per heavy atom. The van der Waals surface area contributed by atoms with Crippen LogP contribution in [-0.4, -0.2) is 9.78 Å². The quantitative estimate of drug-likeness (QED) is 0.788. The first-order valence-corrected chi connectivity index (χ1v) is 7.35. The molecule has 0 spiro atoms. The molecular formula is C18H21N3. The topological polar surface area (TPSA) is 29.9 Å². The van der Waals surface area contributed by atoms with Crippen LogP contribution in [-0.2, 0) is 13.6 Å². The lowest BCUT2D eigenvalue weighted by Gasteiger charge is -2.14. The zero-order chi connectivity index (χ0) is 14.8. The number of nitrogens with one attached hydrogen (secondary N) is 1. The van der Waals surface area contributed by atoms with Crippen LogP contribution in [0.4, 0.5) is 0 Å². The van der Waals surface area contributed by atoms with E-state index in [4.69, 9.17) is 0 Å². The maximum Gasteiger partial charge on any atom is 0.0641 e. The van der Waals surface area contributed by atoms with Gasteiger partial charge in [0.25, 0.3) is 0 Å². The van der Waals surface area contributed by atoms with Gasteiger partial charge in [-0.15, -0.1) is 0 Å². The summed E-state index contributed by atoms with van der Waals surface area (Å²) >= 11 is 0. The van der Waals surface area contributed by atoms with E-state index in [1.165, 1.54) is 21.9 Å². The monoisotopic (exact) mass is 279 g/mol. The summed E-state index contributed by atoms with van der Waals surface area (Å²) in [6, 6.07) is 15.3. The maximum atomic E-state index is 4.41. The molecule has 0 saturated heterocycles. The molecule has 0 saturated carbocycles. The van der Waals surface area contributed by atoms with Crippen molar-refractivity contribution < 1.29 is 0 Å². The van der Waals surface area contributed by atoms with Gasteiger partial charge in [0.05, 0.1) is 5.69 Å². The fourth-order valence-corrected chi connectivity index (χ4v) is 2.86. The third-order valence-corrected chi connectivity index (χ3v) is 4.00. The molecule has 1 aromatic heterocycles. The molecule has 1 unspecified atom stereocenters. The van der Waals surface area contributed by atoms with E-state index in [1.54, 1.807) is 0 Å². The Morgan fingerprint density at radius 2 is 1.90 bits per heavy atom. The number of aryl methyl sites for hydroxylation is 2. The maximum absolute atomic E-state index is 4.41. The van der Waals surface area contributed by atoms with Crippen LogP contribution < -0.4 is 5.32 Å². The Bertz CT molecular complexity index is 753. The molecule has 0 amide bonds. The van der Waals surface area contributed by atoms with Gasteiger partial charge in [0, 0.05) is 31.4 Å². The number of benzene rings is 2. The predicted octanol–water partition coefficient (Wildman–Crippen LogP) is 3.73. The molecular weight excluding hydrogens is 258 g/mol. The third-order valence-electron chi connectivity index (χ3n) is 4.00. The van der Waals surface area contributed by atoms with Crippen LogP contribution in [0.5, 0.6) is 0 Å². The zero-order valence-corrected chi connectivity index (χ0v) is 12.8. The molecule has 3 rings (SSSR count). The van der Waals surface area contributed by atoms with Crippen molar-refractivity contribution in [1.29, 1.82) is 0 Å². The lowest BCUT2D eigenvalue weighted by atomic mass is 10.0. The highest BCUT2D eigenvalue weighted by molar-refractivity contribution is 5.85. The molecule has 2 aromatic carbocycles. The molecule has 108 valence electrons. The van der Waals surface area contributed by atoms with E-state index < -0.39 is 0 Å². The molecule has 0 aliphatic carbocycles. The first-order valence-electron chi connectivity index (χ1n) is 7.35. The van der Waals surface area contributed by atoms with Crippen molar-refractivity contribution in [3.8, 4) is 0 Å². The largest absolute Gasteiger partial charge is 0.306 e. The zero-order valence-electron chi connectivity index (χ0n) is 12.8. The summed E-state index contributed by atoms with van der Waals surface area (Å²) in [7, 11) is 1.97. The molecule has 1 heterocycles. The van der Waals surface area contributed by atoms with Gasteiger partial charge >= 0.3 is 0 Å². The summed E-state index contributed by atoms with van der Waals surface area (Å²) in [5.41, 5.74) is 3.69. The van der Waals surface area contributed by atoms with Crippen molar-refractivity contribution in [2.45, 2.75) is 26.4 Å². The van der Waals surface area contributed by atoms with Crippen LogP contribution in [0.25, 0.3) is 10.8 Å². The van der Waals surface area contributed by atoms with E-state index in [2.05, 4.69) is 72.9 Å². The van der Waals surface area contributed by atoms with Gasteiger partial charge in [-0.25, -0.2) is 0 Å². The van der Waals surface area contributed by atoms with Crippen molar-refractivity contribution >= 4 is 10.8 Å². The van der Waals surface area contributed by atoms with Gasteiger partial charge in [-0.1, -0.05) is 42.5 Å². The first-order chi connectivity index (χ1) is 10.1. The van der Waals surface area contributed by atoms with Gasteiger partial charge < -0.3 is 5.32 Å². The summed E-state index contributed by atoms with van der Waals surface area (Å²) < 4.78 is 1.88. The number of aromatic nitrogens is 2. The molecule has 21 heavy (non-hydrogen) atoms. The Labute approximate surface area is 125 Å². The molecule has 1 N–H and O–H groups in total. The highest BCUT2D eigenvalue weighted by Crippen LogP contribution is 2.20. The molecule has 0 fully saturated rings. The van der Waals surface area contributed by atoms with Crippen LogP contribution in [0.3, 0.4) is 0 Å². The van der Waals surface area contributed by atoms with Gasteiger partial charge in [0.1, 0.15) is 0 Å². The van der Waals surface area contributed by atoms with Crippen LogP contribution in [0, 0.1) is 6.92 Å². The lowest BCUT2D eigenvalue weighted by Crippen LogP contribution is -2.18. The normalized spacial score (nSPS) is 12.7. The Hall–Kier alpha value is -2.13. The molecule has 3 nitrogen and oxygen atoms in total. The Kier molecular flexibility index (Phi) is 3.76. The number of hydrogen-bond donors (Lipinski definition) is 1. The van der Waals surface area contributed by atoms with Crippen molar-refractivity contribution in [3.63, 3.8) is 0 Å². The average molecular weight is 279 g/mol. The summed E-state index contributed by atoms with van der Waals surface area (Å²) in [6.45, 7) is 5.11. The van der Waals surface area contributed by atoms with Crippen LogP contribution in [0.15, 0.2) is 48.7 Å². The van der Waals surface area contributed by atoms with E-state index >= 15 is 0 Å². The Morgan fingerprint density at radius 3 is 2.67 bits per heavy atom. The minimum Gasteiger partial charge on any atom is -0.306 e. The Balaban J connectivity index is 1.79. The second kappa shape index (κ2) is 5.70. The van der Waals surface area contributed by atoms with Crippen molar-refractivity contribution in [2.75, 3.05) is 0 Å². The second-order valence-electron chi connectivity index (χ2n) is 5.58. The molecule has 0 aliphatic rings. The number of nitrogens with zero attached hydrogens (tertiary/aromatic N) is 2. The SMILES string of the molecule is Cc1nn(C)cc1C(C)NCc1cccc2ccccc12. The van der Waals surface area contributed by atoms with Gasteiger partial charge in [0.15, 0.2) is 0 Å². The molecule has 0 bridgehead atoms. The van der Waals surface area contributed by atoms with Crippen LogP contribution in [0.1, 0.15) is 29.8 Å². The van der Waals surface area contributed by atoms with Crippen LogP contribution >= 0.6 is 0 Å². The van der Waals surface area contributed by atoms with Gasteiger partial charge in [-0.05, 0) is 30.2 Å². The van der Waals surface area contributed by atoms with Crippen molar-refractivity contribution in [2.24, 2.45) is 7.05 Å². The molecule has 3 aromatic rings. The summed E-state index contributed by atoms with van der Waals surface area (Å²) in [6.07, 6.45) is 2.09. The standard InChI is InChI=1S/C18H21N3/c1-13(18-12-21(3)20-14(18)2)19-11-16-9-6-8-15-7-4-5-10-17(15)16/h4-10,12-13,19H,11H2,1-3H3. The van der Waals surface area contributed by atoms with Crippen molar-refractivity contribution in [3.05, 3.63) is 65.5 Å². The van der Waals surface area contributed by atoms with Gasteiger partial charge in [-0.2, -0.15) is 5.10 Å². The summed E-state index contributed by atoms with van der Waals surface area (Å²) in [5, 5.41) is 10.6. The lowest BCUT2D eigenvalue weighted by molar-refractivity contribution is 0.573. The third kappa shape index (κ3) is 2.83. The van der Waals surface area contributed by atoms with E-state index in [0.29, 0.717) is 0 Å². The minimum absolute atomic E-state index is 0.290. The highest BCUT2D eigenvalue weighted by atomic mass is 15.3. The molecule has 0 radical (unpaired) electrons. The van der Waals surface area contributed by atoms with E-state index in [-0.39, 0.29) is 6.04 Å². The average Bonchev–Trinajstić information content (AvgIpc) is 2.83. The van der Waals surface area contributed by atoms with E-state index in [1.807, 2.05) is 11.7 Å². The number of hydrogen-bond acceptors (Lipinski definition) is 2. The fourth-order valence-electron chi connectivity index (χ4n) is 2.86. The number of rotatable bonds is 4. The van der Waals surface area contributed by atoms with Crippen LogP contribution in [0.2, 0.25) is 0 Å². The number of fused-ring (bicyclic) bond motifs is 1. The minimum atomic E-state index is 0.290. The van der Waals surface area contributed by atoms with E-state index in [9.17, 15) is 0 Å². The summed E-state index contributed by atoms with van der Waals surface area (Å²) in [4.78, 5) is 0. The predicted molar refractivity (Wildman–Crippen MR) is 87.1 cm³/mol. The highest BCUT2D eigenvalue weighted by Gasteiger charge is 2.11. The fraction of sp³-hybridized carbons (Fsp3) is 0.278. The molecule has 1 atom stereocenters. The van der Waals surface area contributed by atoms with Crippen molar-refractivity contribution in [1.82, 2.24) is 15.1 Å².